The summed E-state index contributed by atoms with van der Waals surface area (Å²) in [5.41, 5.74) is 11.4. The predicted molar refractivity (Wildman–Crippen MR) is 78.1 cm³/mol. The molecule has 4 rings (SSSR count). The van der Waals surface area contributed by atoms with Gasteiger partial charge in [-0.3, -0.25) is 0 Å². The molecule has 3 heterocycles. The topological polar surface area (TPSA) is 72.5 Å². The highest BCUT2D eigenvalue weighted by Gasteiger charge is 2.20. The molecular weight excluding hydrogens is 250 g/mol. The molecule has 0 spiro atoms. The van der Waals surface area contributed by atoms with Crippen LogP contribution in [0.4, 0.5) is 0 Å². The van der Waals surface area contributed by atoms with Gasteiger partial charge in [-0.1, -0.05) is 6.07 Å². The second-order valence-electron chi connectivity index (χ2n) is 5.27. The van der Waals surface area contributed by atoms with Crippen LogP contribution >= 0.6 is 0 Å². The number of aromatic amines is 1. The summed E-state index contributed by atoms with van der Waals surface area (Å²) in [7, 11) is 0. The molecule has 3 aromatic rings. The summed E-state index contributed by atoms with van der Waals surface area (Å²) in [6, 6.07) is 6.26. The lowest BCUT2D eigenvalue weighted by atomic mass is 10.0. The molecule has 3 N–H and O–H groups in total. The number of aromatic nitrogens is 4. The summed E-state index contributed by atoms with van der Waals surface area (Å²) in [6.07, 6.45) is 5.26. The zero-order valence-corrected chi connectivity index (χ0v) is 11.3. The van der Waals surface area contributed by atoms with Gasteiger partial charge in [0.15, 0.2) is 0 Å². The van der Waals surface area contributed by atoms with Gasteiger partial charge in [-0.05, 0) is 31.4 Å². The number of hydrogen-bond acceptors (Lipinski definition) is 3. The fourth-order valence-corrected chi connectivity index (χ4v) is 3.09. The van der Waals surface area contributed by atoms with Crippen LogP contribution in [0, 0.1) is 0 Å². The SMILES string of the molecule is NCc1nc(-c2ccc3nc[nH]c3c2)c2n1CCCC2. The van der Waals surface area contributed by atoms with Gasteiger partial charge in [0, 0.05) is 17.8 Å². The van der Waals surface area contributed by atoms with Crippen LogP contribution in [-0.4, -0.2) is 19.5 Å². The summed E-state index contributed by atoms with van der Waals surface area (Å²) in [6.45, 7) is 1.54. The predicted octanol–water partition coefficient (Wildman–Crippen LogP) is 2.22. The van der Waals surface area contributed by atoms with E-state index in [2.05, 4.69) is 26.7 Å². The Morgan fingerprint density at radius 2 is 2.25 bits per heavy atom. The largest absolute Gasteiger partial charge is 0.345 e. The lowest BCUT2D eigenvalue weighted by Gasteiger charge is -2.17. The number of hydrogen-bond donors (Lipinski definition) is 2. The van der Waals surface area contributed by atoms with Crippen LogP contribution in [-0.2, 0) is 19.5 Å². The van der Waals surface area contributed by atoms with Gasteiger partial charge in [0.1, 0.15) is 5.82 Å². The molecule has 0 saturated heterocycles. The molecule has 0 saturated carbocycles. The highest BCUT2D eigenvalue weighted by Crippen LogP contribution is 2.30. The number of benzene rings is 1. The Hall–Kier alpha value is -2.14. The number of nitrogens with one attached hydrogen (secondary N) is 1. The minimum atomic E-state index is 0.499. The van der Waals surface area contributed by atoms with Crippen molar-refractivity contribution in [2.45, 2.75) is 32.4 Å². The number of H-pyrrole nitrogens is 1. The molecule has 0 fully saturated rings. The Kier molecular flexibility index (Phi) is 2.60. The van der Waals surface area contributed by atoms with Crippen molar-refractivity contribution in [3.8, 4) is 11.3 Å². The van der Waals surface area contributed by atoms with E-state index < -0.39 is 0 Å². The lowest BCUT2D eigenvalue weighted by Crippen LogP contribution is -2.15. The van der Waals surface area contributed by atoms with Gasteiger partial charge >= 0.3 is 0 Å². The third-order valence-electron chi connectivity index (χ3n) is 4.07. The van der Waals surface area contributed by atoms with Crippen molar-refractivity contribution in [1.29, 1.82) is 0 Å². The van der Waals surface area contributed by atoms with Gasteiger partial charge < -0.3 is 15.3 Å². The Bertz CT molecular complexity index is 768. The summed E-state index contributed by atoms with van der Waals surface area (Å²) in [5.74, 6) is 0.999. The molecule has 0 aliphatic carbocycles. The molecule has 0 amide bonds. The standard InChI is InChI=1S/C15H17N5/c16-8-14-19-15(13-3-1-2-6-20(13)14)10-4-5-11-12(7-10)18-9-17-11/h4-5,7,9H,1-3,6,8,16H2,(H,17,18). The monoisotopic (exact) mass is 267 g/mol. The summed E-state index contributed by atoms with van der Waals surface area (Å²) < 4.78 is 2.30. The van der Waals surface area contributed by atoms with Crippen LogP contribution in [0.15, 0.2) is 24.5 Å². The van der Waals surface area contributed by atoms with E-state index >= 15 is 0 Å². The van der Waals surface area contributed by atoms with E-state index in [0.717, 1.165) is 41.1 Å². The Labute approximate surface area is 116 Å². The second kappa shape index (κ2) is 4.45. The van der Waals surface area contributed by atoms with Crippen molar-refractivity contribution < 1.29 is 0 Å². The Morgan fingerprint density at radius 1 is 1.30 bits per heavy atom. The first kappa shape index (κ1) is 11.7. The quantitative estimate of drug-likeness (QED) is 0.747. The Balaban J connectivity index is 1.90. The van der Waals surface area contributed by atoms with Crippen molar-refractivity contribution in [3.63, 3.8) is 0 Å². The van der Waals surface area contributed by atoms with E-state index in [9.17, 15) is 0 Å². The van der Waals surface area contributed by atoms with Gasteiger partial charge in [0.2, 0.25) is 0 Å². The van der Waals surface area contributed by atoms with E-state index in [-0.39, 0.29) is 0 Å². The molecule has 0 bridgehead atoms. The maximum absolute atomic E-state index is 5.84. The smallest absolute Gasteiger partial charge is 0.123 e. The molecule has 0 unspecified atom stereocenters. The van der Waals surface area contributed by atoms with Crippen LogP contribution in [0.2, 0.25) is 0 Å². The fourth-order valence-electron chi connectivity index (χ4n) is 3.09. The van der Waals surface area contributed by atoms with Gasteiger partial charge in [0.25, 0.3) is 0 Å². The molecule has 5 heteroatoms. The molecule has 1 aromatic carbocycles. The first-order valence-corrected chi connectivity index (χ1v) is 7.08. The zero-order chi connectivity index (χ0) is 13.5. The van der Waals surface area contributed by atoms with Gasteiger partial charge in [0.05, 0.1) is 29.6 Å². The average Bonchev–Trinajstić information content (AvgIpc) is 3.10. The summed E-state index contributed by atoms with van der Waals surface area (Å²) >= 11 is 0. The molecule has 102 valence electrons. The van der Waals surface area contributed by atoms with Crippen molar-refractivity contribution in [2.75, 3.05) is 0 Å². The van der Waals surface area contributed by atoms with Crippen LogP contribution in [0.25, 0.3) is 22.3 Å². The highest BCUT2D eigenvalue weighted by atomic mass is 15.1. The zero-order valence-electron chi connectivity index (χ0n) is 11.3. The van der Waals surface area contributed by atoms with E-state index in [4.69, 9.17) is 10.7 Å². The van der Waals surface area contributed by atoms with Crippen LogP contribution in [0.3, 0.4) is 0 Å². The number of imidazole rings is 2. The van der Waals surface area contributed by atoms with Crippen molar-refractivity contribution in [1.82, 2.24) is 19.5 Å². The van der Waals surface area contributed by atoms with E-state index in [1.165, 1.54) is 18.5 Å². The maximum Gasteiger partial charge on any atom is 0.123 e. The third kappa shape index (κ3) is 1.67. The van der Waals surface area contributed by atoms with Gasteiger partial charge in [-0.2, -0.15) is 0 Å². The maximum atomic E-state index is 5.84. The summed E-state index contributed by atoms with van der Waals surface area (Å²) in [4.78, 5) is 12.2. The third-order valence-corrected chi connectivity index (χ3v) is 4.07. The Morgan fingerprint density at radius 3 is 3.15 bits per heavy atom. The molecule has 0 radical (unpaired) electrons. The van der Waals surface area contributed by atoms with Crippen molar-refractivity contribution in [3.05, 3.63) is 36.0 Å². The molecule has 0 atom stereocenters. The minimum Gasteiger partial charge on any atom is -0.345 e. The van der Waals surface area contributed by atoms with Gasteiger partial charge in [-0.25, -0.2) is 9.97 Å². The number of nitrogens with zero attached hydrogens (tertiary/aromatic N) is 3. The molecule has 1 aliphatic rings. The summed E-state index contributed by atoms with van der Waals surface area (Å²) in [5, 5.41) is 0. The second-order valence-corrected chi connectivity index (χ2v) is 5.27. The van der Waals surface area contributed by atoms with E-state index in [0.29, 0.717) is 6.54 Å². The van der Waals surface area contributed by atoms with Gasteiger partial charge in [-0.15, -0.1) is 0 Å². The number of fused-ring (bicyclic) bond motifs is 2. The highest BCUT2D eigenvalue weighted by molar-refractivity contribution is 5.81. The molecule has 2 aromatic heterocycles. The first-order valence-electron chi connectivity index (χ1n) is 7.08. The van der Waals surface area contributed by atoms with Crippen LogP contribution < -0.4 is 5.73 Å². The average molecular weight is 267 g/mol. The van der Waals surface area contributed by atoms with E-state index in [1.54, 1.807) is 6.33 Å². The minimum absolute atomic E-state index is 0.499. The number of nitrogens with two attached hydrogens (primary N) is 1. The normalized spacial score (nSPS) is 14.7. The fraction of sp³-hybridized carbons (Fsp3) is 0.333. The lowest BCUT2D eigenvalue weighted by molar-refractivity contribution is 0.515. The molecular formula is C15H17N5. The van der Waals surface area contributed by atoms with Crippen LogP contribution in [0.1, 0.15) is 24.4 Å². The number of rotatable bonds is 2. The van der Waals surface area contributed by atoms with E-state index in [1.807, 2.05) is 6.07 Å². The van der Waals surface area contributed by atoms with Crippen molar-refractivity contribution in [2.24, 2.45) is 5.73 Å². The molecule has 20 heavy (non-hydrogen) atoms. The van der Waals surface area contributed by atoms with Crippen molar-refractivity contribution >= 4 is 11.0 Å². The first-order chi connectivity index (χ1) is 9.86. The molecule has 1 aliphatic heterocycles. The molecule has 5 nitrogen and oxygen atoms in total. The van der Waals surface area contributed by atoms with Crippen LogP contribution in [0.5, 0.6) is 0 Å².